The van der Waals surface area contributed by atoms with Crippen LogP contribution in [0, 0.1) is 17.1 Å². The van der Waals surface area contributed by atoms with E-state index in [0.717, 1.165) is 29.7 Å². The topological polar surface area (TPSA) is 131 Å². The molecule has 3 N–H and O–H groups in total. The lowest BCUT2D eigenvalue weighted by Crippen LogP contribution is -2.20. The number of nitriles is 1. The zero-order valence-electron chi connectivity index (χ0n) is 21.1. The normalized spacial score (nSPS) is 12.8. The van der Waals surface area contributed by atoms with Crippen LogP contribution in [0.1, 0.15) is 35.7 Å². The predicted octanol–water partition coefficient (Wildman–Crippen LogP) is 4.70. The van der Waals surface area contributed by atoms with Crippen molar-refractivity contribution in [3.05, 3.63) is 82.0 Å². The summed E-state index contributed by atoms with van der Waals surface area (Å²) in [5, 5.41) is 18.4. The Kier molecular flexibility index (Phi) is 7.19. The second-order valence-electron chi connectivity index (χ2n) is 9.23. The van der Waals surface area contributed by atoms with Gasteiger partial charge in [0.25, 0.3) is 5.56 Å². The second-order valence-corrected chi connectivity index (χ2v) is 9.23. The monoisotopic (exact) mass is 550 g/mol. The van der Waals surface area contributed by atoms with Crippen LogP contribution in [0.4, 0.5) is 17.6 Å². The molecule has 1 saturated carbocycles. The van der Waals surface area contributed by atoms with E-state index in [-0.39, 0.29) is 18.0 Å². The highest BCUT2D eigenvalue weighted by Gasteiger charge is 2.27. The number of nitrogens with two attached hydrogens (primary N) is 1. The first-order chi connectivity index (χ1) is 19.2. The quantitative estimate of drug-likeness (QED) is 0.305. The number of H-pyrrole nitrogens is 1. The fourth-order valence-electron chi connectivity index (χ4n) is 4.52. The number of nitrogens with one attached hydrogen (secondary N) is 1. The van der Waals surface area contributed by atoms with Gasteiger partial charge in [-0.3, -0.25) is 9.36 Å². The molecule has 4 heterocycles. The lowest BCUT2D eigenvalue weighted by atomic mass is 9.98. The molecule has 0 amide bonds. The minimum Gasteiger partial charge on any atom is -0.353 e. The van der Waals surface area contributed by atoms with Crippen LogP contribution in [0.3, 0.4) is 0 Å². The Bertz CT molecular complexity index is 1810. The van der Waals surface area contributed by atoms with Crippen LogP contribution in [-0.2, 0) is 13.6 Å². The molecule has 0 radical (unpaired) electrons. The number of fused-ring (bicyclic) bond motifs is 1. The molecular weight excluding hydrogens is 528 g/mol. The molecule has 1 aromatic carbocycles. The number of hydrogen-bond donors (Lipinski definition) is 2. The number of hydrogen-bond acceptors (Lipinski definition) is 6. The van der Waals surface area contributed by atoms with Gasteiger partial charge in [0.2, 0.25) is 0 Å². The van der Waals surface area contributed by atoms with Gasteiger partial charge in [-0.2, -0.15) is 18.4 Å². The number of aryl methyl sites for hydroxylation is 1. The van der Waals surface area contributed by atoms with E-state index in [1.807, 2.05) is 6.07 Å². The van der Waals surface area contributed by atoms with E-state index in [2.05, 4.69) is 21.3 Å². The van der Waals surface area contributed by atoms with Crippen molar-refractivity contribution < 1.29 is 17.6 Å². The van der Waals surface area contributed by atoms with Gasteiger partial charge >= 0.3 is 6.68 Å². The van der Waals surface area contributed by atoms with Gasteiger partial charge < -0.3 is 15.3 Å². The van der Waals surface area contributed by atoms with Crippen LogP contribution in [0.15, 0.2) is 53.7 Å². The number of nitrogens with zero attached hydrogens (tertiary/aromatic N) is 6. The molecule has 0 atom stereocenters. The number of aromatic nitrogens is 6. The molecule has 0 aliphatic heterocycles. The molecule has 1 aliphatic rings. The maximum atomic E-state index is 14.3. The highest BCUT2D eigenvalue weighted by Crippen LogP contribution is 2.41. The van der Waals surface area contributed by atoms with E-state index >= 15 is 0 Å². The van der Waals surface area contributed by atoms with Gasteiger partial charge in [0, 0.05) is 48.0 Å². The van der Waals surface area contributed by atoms with Gasteiger partial charge in [-0.1, -0.05) is 6.07 Å². The fourth-order valence-corrected chi connectivity index (χ4v) is 4.52. The third-order valence-electron chi connectivity index (χ3n) is 6.51. The molecule has 0 unspecified atom stereocenters. The third-order valence-corrected chi connectivity index (χ3v) is 6.51. The summed E-state index contributed by atoms with van der Waals surface area (Å²) < 4.78 is 46.4. The van der Waals surface area contributed by atoms with E-state index in [4.69, 9.17) is 10.7 Å². The van der Waals surface area contributed by atoms with E-state index in [1.54, 1.807) is 36.1 Å². The number of alkyl halides is 3. The molecule has 1 aliphatic carbocycles. The molecule has 0 saturated heterocycles. The molecule has 13 heteroatoms. The molecule has 40 heavy (non-hydrogen) atoms. The average molecular weight is 551 g/mol. The minimum atomic E-state index is -3.67. The summed E-state index contributed by atoms with van der Waals surface area (Å²) in [6, 6.07) is 12.2. The summed E-state index contributed by atoms with van der Waals surface area (Å²) >= 11 is 0. The van der Waals surface area contributed by atoms with Gasteiger partial charge in [0.05, 0.1) is 5.56 Å². The van der Waals surface area contributed by atoms with Crippen molar-refractivity contribution in [2.75, 3.05) is 0 Å². The van der Waals surface area contributed by atoms with Crippen LogP contribution in [0.25, 0.3) is 39.2 Å². The first kappa shape index (κ1) is 26.8. The first-order valence-corrected chi connectivity index (χ1v) is 12.2. The summed E-state index contributed by atoms with van der Waals surface area (Å²) in [6.07, 6.45) is 5.07. The van der Waals surface area contributed by atoms with Crippen LogP contribution in [0.2, 0.25) is 0 Å². The Morgan fingerprint density at radius 3 is 2.55 bits per heavy atom. The lowest BCUT2D eigenvalue weighted by molar-refractivity contribution is 0.00819. The molecule has 0 bridgehead atoms. The maximum Gasteiger partial charge on any atom is 0.379 e. The highest BCUT2D eigenvalue weighted by molar-refractivity contribution is 5.86. The average Bonchev–Trinajstić information content (AvgIpc) is 3.54. The predicted molar refractivity (Wildman–Crippen MR) is 139 cm³/mol. The zero-order chi connectivity index (χ0) is 28.6. The van der Waals surface area contributed by atoms with Crippen molar-refractivity contribution in [2.45, 2.75) is 32.0 Å². The van der Waals surface area contributed by atoms with Gasteiger partial charge in [0.15, 0.2) is 5.82 Å². The zero-order valence-corrected chi connectivity index (χ0v) is 21.1. The summed E-state index contributed by atoms with van der Waals surface area (Å²) in [5.74, 6) is 0.791. The van der Waals surface area contributed by atoms with Crippen molar-refractivity contribution in [1.29, 1.82) is 5.26 Å². The van der Waals surface area contributed by atoms with Crippen molar-refractivity contribution in [3.8, 4) is 34.4 Å². The van der Waals surface area contributed by atoms with E-state index < -0.39 is 12.5 Å². The van der Waals surface area contributed by atoms with Gasteiger partial charge in [-0.05, 0) is 54.3 Å². The summed E-state index contributed by atoms with van der Waals surface area (Å²) in [6.45, 7) is -3.45. The molecule has 0 spiro atoms. The van der Waals surface area contributed by atoms with Gasteiger partial charge in [0.1, 0.15) is 29.5 Å². The Morgan fingerprint density at radius 1 is 1.18 bits per heavy atom. The van der Waals surface area contributed by atoms with Crippen molar-refractivity contribution in [3.63, 3.8) is 0 Å². The summed E-state index contributed by atoms with van der Waals surface area (Å²) in [5.41, 5.74) is 9.64. The lowest BCUT2D eigenvalue weighted by Gasteiger charge is -2.14. The third kappa shape index (κ3) is 5.21. The fraction of sp³-hybridized carbons (Fsp3) is 0.222. The number of halogens is 4. The second kappa shape index (κ2) is 10.7. The van der Waals surface area contributed by atoms with Gasteiger partial charge in [-0.15, -0.1) is 10.2 Å². The number of benzene rings is 1. The number of rotatable bonds is 5. The van der Waals surface area contributed by atoms with Crippen LogP contribution in [0.5, 0.6) is 0 Å². The SMILES string of the molecule is Cn1cnnc1-c1cc(F)ccc1-c1cc(C2CC2)nc(-n2cc(C#N)c3cc(CN)[nH]c3c2=O)c1.FC(F)F. The summed E-state index contributed by atoms with van der Waals surface area (Å²) in [4.78, 5) is 21.3. The van der Waals surface area contributed by atoms with Crippen molar-refractivity contribution >= 4 is 10.9 Å². The van der Waals surface area contributed by atoms with E-state index in [9.17, 15) is 27.6 Å². The molecule has 204 valence electrons. The largest absolute Gasteiger partial charge is 0.379 e. The Morgan fingerprint density at radius 2 is 1.93 bits per heavy atom. The Balaban J connectivity index is 0.000000758. The molecule has 4 aromatic heterocycles. The van der Waals surface area contributed by atoms with Crippen molar-refractivity contribution in [2.24, 2.45) is 12.8 Å². The Labute approximate surface area is 224 Å². The number of pyridine rings is 2. The van der Waals surface area contributed by atoms with Crippen LogP contribution in [-0.4, -0.2) is 36.0 Å². The highest BCUT2D eigenvalue weighted by atomic mass is 19.4. The number of aromatic amines is 1. The smallest absolute Gasteiger partial charge is 0.353 e. The van der Waals surface area contributed by atoms with E-state index in [0.29, 0.717) is 39.4 Å². The molecule has 9 nitrogen and oxygen atoms in total. The summed E-state index contributed by atoms with van der Waals surface area (Å²) in [7, 11) is 1.79. The molecule has 5 aromatic rings. The first-order valence-electron chi connectivity index (χ1n) is 12.2. The standard InChI is InChI=1S/C26H21FN8O.CHF3/c1-34-13-30-33-25(34)21-8-17(27)4-5-19(21)15-6-22(14-2-3-14)32-23(7-15)35-12-16(10-28)20-9-18(11-29)31-24(20)26(35)36;2-1(3)4/h4-9,12-14,31H,2-3,11,29H2,1H3;1H. The van der Waals surface area contributed by atoms with E-state index in [1.165, 1.54) is 22.9 Å². The molecule has 6 rings (SSSR count). The molecule has 1 fully saturated rings. The van der Waals surface area contributed by atoms with Gasteiger partial charge in [-0.25, -0.2) is 9.37 Å². The van der Waals surface area contributed by atoms with Crippen LogP contribution < -0.4 is 11.3 Å². The van der Waals surface area contributed by atoms with Crippen molar-refractivity contribution in [1.82, 2.24) is 29.3 Å². The maximum absolute atomic E-state index is 14.3. The van der Waals surface area contributed by atoms with Crippen LogP contribution >= 0.6 is 0 Å². The minimum absolute atomic E-state index is 0.216. The Hall–Kier alpha value is -4.83. The molecular formula is C27H22F4N8O.